The van der Waals surface area contributed by atoms with E-state index in [4.69, 9.17) is 11.0 Å². The molecule has 2 rings (SSSR count). The summed E-state index contributed by atoms with van der Waals surface area (Å²) in [6.45, 7) is 4.13. The Bertz CT molecular complexity index is 436. The van der Waals surface area contributed by atoms with E-state index in [9.17, 15) is 0 Å². The van der Waals surface area contributed by atoms with E-state index in [2.05, 4.69) is 22.9 Å². The van der Waals surface area contributed by atoms with Gasteiger partial charge in [0.2, 0.25) is 0 Å². The molecule has 0 saturated carbocycles. The maximum absolute atomic E-state index is 9.15. The highest BCUT2D eigenvalue weighted by Crippen LogP contribution is 2.23. The highest BCUT2D eigenvalue weighted by atomic mass is 15.2. The monoisotopic (exact) mass is 230 g/mol. The summed E-state index contributed by atoms with van der Waals surface area (Å²) < 4.78 is 0. The van der Waals surface area contributed by atoms with Crippen molar-refractivity contribution in [2.75, 3.05) is 43.9 Å². The van der Waals surface area contributed by atoms with Gasteiger partial charge >= 0.3 is 0 Å². The first kappa shape index (κ1) is 11.7. The molecule has 0 radical (unpaired) electrons. The largest absolute Gasteiger partial charge is 0.399 e. The van der Waals surface area contributed by atoms with Crippen LogP contribution in [-0.4, -0.2) is 38.1 Å². The molecule has 2 N–H and O–H groups in total. The number of nitrogen functional groups attached to an aromatic ring is 1. The van der Waals surface area contributed by atoms with Gasteiger partial charge in [0.1, 0.15) is 6.07 Å². The van der Waals surface area contributed by atoms with Crippen molar-refractivity contribution in [2.45, 2.75) is 6.42 Å². The third-order valence-electron chi connectivity index (χ3n) is 3.20. The topological polar surface area (TPSA) is 56.3 Å². The van der Waals surface area contributed by atoms with Gasteiger partial charge in [0.25, 0.3) is 0 Å². The Morgan fingerprint density at radius 3 is 2.82 bits per heavy atom. The lowest BCUT2D eigenvalue weighted by molar-refractivity contribution is 0.360. The van der Waals surface area contributed by atoms with Gasteiger partial charge in [0, 0.05) is 25.3 Å². The van der Waals surface area contributed by atoms with Gasteiger partial charge in [-0.3, -0.25) is 0 Å². The first-order valence-corrected chi connectivity index (χ1v) is 5.94. The second-order valence-electron chi connectivity index (χ2n) is 4.53. The summed E-state index contributed by atoms with van der Waals surface area (Å²) in [7, 11) is 2.14. The van der Waals surface area contributed by atoms with Crippen LogP contribution in [-0.2, 0) is 0 Å². The molecular formula is C13H18N4. The van der Waals surface area contributed by atoms with Gasteiger partial charge in [-0.2, -0.15) is 5.26 Å². The van der Waals surface area contributed by atoms with Crippen LogP contribution in [0.15, 0.2) is 18.2 Å². The minimum atomic E-state index is 0.650. The van der Waals surface area contributed by atoms with Gasteiger partial charge in [-0.15, -0.1) is 0 Å². The van der Waals surface area contributed by atoms with E-state index in [1.165, 1.54) is 0 Å². The summed E-state index contributed by atoms with van der Waals surface area (Å²) in [4.78, 5) is 4.60. The van der Waals surface area contributed by atoms with Crippen LogP contribution < -0.4 is 10.6 Å². The number of nitriles is 1. The molecular weight excluding hydrogens is 212 g/mol. The van der Waals surface area contributed by atoms with Crippen LogP contribution in [0.4, 0.5) is 11.4 Å². The van der Waals surface area contributed by atoms with Crippen LogP contribution in [0.25, 0.3) is 0 Å². The highest BCUT2D eigenvalue weighted by Gasteiger charge is 2.15. The van der Waals surface area contributed by atoms with E-state index >= 15 is 0 Å². The summed E-state index contributed by atoms with van der Waals surface area (Å²) in [5, 5.41) is 9.15. The first-order valence-electron chi connectivity index (χ1n) is 5.94. The van der Waals surface area contributed by atoms with E-state index in [-0.39, 0.29) is 0 Å². The van der Waals surface area contributed by atoms with Crippen LogP contribution >= 0.6 is 0 Å². The standard InChI is InChI=1S/C13H18N4/c1-16-5-2-6-17(8-7-16)13-4-3-12(15)9-11(13)10-14/h3-4,9H,2,5-8,15H2,1H3. The number of benzene rings is 1. The molecule has 4 heteroatoms. The average molecular weight is 230 g/mol. The Morgan fingerprint density at radius 2 is 2.06 bits per heavy atom. The molecule has 0 aromatic heterocycles. The summed E-state index contributed by atoms with van der Waals surface area (Å²) >= 11 is 0. The molecule has 1 fully saturated rings. The molecule has 1 aromatic rings. The number of rotatable bonds is 1. The van der Waals surface area contributed by atoms with Crippen molar-refractivity contribution in [2.24, 2.45) is 0 Å². The summed E-state index contributed by atoms with van der Waals surface area (Å²) in [5.41, 5.74) is 8.04. The number of nitrogens with zero attached hydrogens (tertiary/aromatic N) is 3. The number of anilines is 2. The molecule has 0 aliphatic carbocycles. The Labute approximate surface area is 102 Å². The second kappa shape index (κ2) is 5.07. The maximum Gasteiger partial charge on any atom is 0.101 e. The van der Waals surface area contributed by atoms with Crippen molar-refractivity contribution in [1.29, 1.82) is 5.26 Å². The van der Waals surface area contributed by atoms with Crippen LogP contribution in [0.3, 0.4) is 0 Å². The molecule has 0 bridgehead atoms. The Hall–Kier alpha value is -1.73. The molecule has 0 amide bonds. The quantitative estimate of drug-likeness (QED) is 0.738. The van der Waals surface area contributed by atoms with Crippen molar-refractivity contribution in [1.82, 2.24) is 4.90 Å². The normalized spacial score (nSPS) is 17.5. The predicted molar refractivity (Wildman–Crippen MR) is 69.9 cm³/mol. The molecule has 0 spiro atoms. The van der Waals surface area contributed by atoms with E-state index in [0.29, 0.717) is 11.3 Å². The Balaban J connectivity index is 2.24. The van der Waals surface area contributed by atoms with Crippen molar-refractivity contribution in [3.63, 3.8) is 0 Å². The Kier molecular flexibility index (Phi) is 3.50. The van der Waals surface area contributed by atoms with Crippen molar-refractivity contribution in [3.05, 3.63) is 23.8 Å². The fourth-order valence-corrected chi connectivity index (χ4v) is 2.21. The molecule has 4 nitrogen and oxygen atoms in total. The molecule has 1 aliphatic heterocycles. The lowest BCUT2D eigenvalue weighted by Gasteiger charge is -2.24. The molecule has 1 heterocycles. The minimum Gasteiger partial charge on any atom is -0.399 e. The maximum atomic E-state index is 9.15. The van der Waals surface area contributed by atoms with Crippen molar-refractivity contribution < 1.29 is 0 Å². The van der Waals surface area contributed by atoms with Gasteiger partial charge in [0.15, 0.2) is 0 Å². The van der Waals surface area contributed by atoms with Crippen LogP contribution in [0.2, 0.25) is 0 Å². The molecule has 0 atom stereocenters. The fraction of sp³-hybridized carbons (Fsp3) is 0.462. The van der Waals surface area contributed by atoms with Gasteiger partial charge in [0.05, 0.1) is 11.3 Å². The summed E-state index contributed by atoms with van der Waals surface area (Å²) in [6, 6.07) is 7.81. The molecule has 1 aliphatic rings. The molecule has 90 valence electrons. The van der Waals surface area contributed by atoms with Crippen molar-refractivity contribution >= 4 is 11.4 Å². The average Bonchev–Trinajstić information content (AvgIpc) is 2.54. The number of nitrogens with two attached hydrogens (primary N) is 1. The molecule has 0 unspecified atom stereocenters. The lowest BCUT2D eigenvalue weighted by atomic mass is 10.1. The van der Waals surface area contributed by atoms with E-state index < -0.39 is 0 Å². The van der Waals surface area contributed by atoms with Gasteiger partial charge < -0.3 is 15.5 Å². The van der Waals surface area contributed by atoms with Crippen LogP contribution in [0.5, 0.6) is 0 Å². The van der Waals surface area contributed by atoms with Crippen molar-refractivity contribution in [3.8, 4) is 6.07 Å². The van der Waals surface area contributed by atoms with Gasteiger partial charge in [-0.05, 0) is 38.2 Å². The minimum absolute atomic E-state index is 0.650. The van der Waals surface area contributed by atoms with E-state index in [1.807, 2.05) is 12.1 Å². The number of hydrogen-bond acceptors (Lipinski definition) is 4. The third kappa shape index (κ3) is 2.69. The predicted octanol–water partition coefficient (Wildman–Crippen LogP) is 1.28. The van der Waals surface area contributed by atoms with Crippen LogP contribution in [0, 0.1) is 11.3 Å². The zero-order valence-electron chi connectivity index (χ0n) is 10.2. The second-order valence-corrected chi connectivity index (χ2v) is 4.53. The third-order valence-corrected chi connectivity index (χ3v) is 3.20. The van der Waals surface area contributed by atoms with Gasteiger partial charge in [-0.25, -0.2) is 0 Å². The lowest BCUT2D eigenvalue weighted by Crippen LogP contribution is -2.29. The zero-order valence-corrected chi connectivity index (χ0v) is 10.2. The van der Waals surface area contributed by atoms with E-state index in [0.717, 1.165) is 38.3 Å². The molecule has 1 saturated heterocycles. The number of hydrogen-bond donors (Lipinski definition) is 1. The van der Waals surface area contributed by atoms with Crippen LogP contribution in [0.1, 0.15) is 12.0 Å². The Morgan fingerprint density at radius 1 is 1.24 bits per heavy atom. The smallest absolute Gasteiger partial charge is 0.101 e. The SMILES string of the molecule is CN1CCCN(c2ccc(N)cc2C#N)CC1. The first-order chi connectivity index (χ1) is 8.20. The van der Waals surface area contributed by atoms with E-state index in [1.54, 1.807) is 6.07 Å². The molecule has 17 heavy (non-hydrogen) atoms. The summed E-state index contributed by atoms with van der Waals surface area (Å²) in [5.74, 6) is 0. The highest BCUT2D eigenvalue weighted by molar-refractivity contribution is 5.64. The zero-order chi connectivity index (χ0) is 12.3. The number of likely N-dealkylation sites (N-methyl/N-ethyl adjacent to an activating group) is 1. The fourth-order valence-electron chi connectivity index (χ4n) is 2.21. The molecule has 1 aromatic carbocycles. The van der Waals surface area contributed by atoms with Gasteiger partial charge in [-0.1, -0.05) is 0 Å². The summed E-state index contributed by atoms with van der Waals surface area (Å²) in [6.07, 6.45) is 1.13.